The average molecular weight is 375 g/mol. The molecule has 1 atom stereocenters. The summed E-state index contributed by atoms with van der Waals surface area (Å²) in [5, 5.41) is 0. The van der Waals surface area contributed by atoms with Gasteiger partial charge in [-0.15, -0.1) is 0 Å². The molecule has 0 radical (unpaired) electrons. The first-order valence-electron chi connectivity index (χ1n) is 9.65. The maximum atomic E-state index is 12.5. The molecule has 2 fully saturated rings. The molecule has 2 heterocycles. The minimum absolute atomic E-state index is 0.0254. The van der Waals surface area contributed by atoms with Crippen molar-refractivity contribution in [3.63, 3.8) is 0 Å². The molecule has 0 aliphatic carbocycles. The van der Waals surface area contributed by atoms with Gasteiger partial charge in [-0.2, -0.15) is 0 Å². The second kappa shape index (κ2) is 9.19. The second-order valence-electron chi connectivity index (χ2n) is 7.27. The van der Waals surface area contributed by atoms with Crippen LogP contribution in [0.15, 0.2) is 24.3 Å². The van der Waals surface area contributed by atoms with Gasteiger partial charge in [-0.05, 0) is 30.7 Å². The molecule has 0 bridgehead atoms. The highest BCUT2D eigenvalue weighted by molar-refractivity contribution is 5.94. The molecule has 27 heavy (non-hydrogen) atoms. The third-order valence-corrected chi connectivity index (χ3v) is 5.23. The maximum Gasteiger partial charge on any atom is 0.253 e. The number of piperidine rings is 1. The predicted molar refractivity (Wildman–Crippen MR) is 102 cm³/mol. The summed E-state index contributed by atoms with van der Waals surface area (Å²) in [4.78, 5) is 28.1. The lowest BCUT2D eigenvalue weighted by atomic mass is 10.1. The van der Waals surface area contributed by atoms with Crippen LogP contribution in [0.3, 0.4) is 0 Å². The lowest BCUT2D eigenvalue weighted by Gasteiger charge is -2.32. The predicted octanol–water partition coefficient (Wildman–Crippen LogP) is 1.27. The lowest BCUT2D eigenvalue weighted by Crippen LogP contribution is -2.42. The zero-order valence-electron chi connectivity index (χ0n) is 15.9. The molecule has 0 aromatic heterocycles. The quantitative estimate of drug-likeness (QED) is 0.809. The summed E-state index contributed by atoms with van der Waals surface area (Å²) in [6.07, 6.45) is 3.00. The van der Waals surface area contributed by atoms with Crippen LogP contribution in [0.5, 0.6) is 5.75 Å². The maximum absolute atomic E-state index is 12.5. The molecule has 3 rings (SSSR count). The van der Waals surface area contributed by atoms with Gasteiger partial charge < -0.3 is 25.0 Å². The van der Waals surface area contributed by atoms with E-state index in [1.54, 1.807) is 12.0 Å². The van der Waals surface area contributed by atoms with Gasteiger partial charge in [0.15, 0.2) is 0 Å². The number of carbonyl (C=O) groups excluding carboxylic acids is 2. The van der Waals surface area contributed by atoms with Crippen LogP contribution in [0.25, 0.3) is 0 Å². The monoisotopic (exact) mass is 375 g/mol. The minimum atomic E-state index is 0.0254. The first-order valence-corrected chi connectivity index (χ1v) is 9.65. The third kappa shape index (κ3) is 5.20. The van der Waals surface area contributed by atoms with Gasteiger partial charge in [0.05, 0.1) is 13.0 Å². The van der Waals surface area contributed by atoms with Gasteiger partial charge in [-0.3, -0.25) is 9.59 Å². The van der Waals surface area contributed by atoms with E-state index in [0.717, 1.165) is 31.6 Å². The Bertz CT molecular complexity index is 641. The molecular formula is C20H29N3O4. The highest BCUT2D eigenvalue weighted by atomic mass is 16.5. The normalized spacial score (nSPS) is 20.7. The van der Waals surface area contributed by atoms with E-state index < -0.39 is 0 Å². The average Bonchev–Trinajstić information content (AvgIpc) is 3.13. The zero-order valence-corrected chi connectivity index (χ0v) is 15.9. The number of likely N-dealkylation sites (tertiary alicyclic amines) is 2. The summed E-state index contributed by atoms with van der Waals surface area (Å²) in [6.45, 7) is 3.22. The summed E-state index contributed by atoms with van der Waals surface area (Å²) in [5.74, 6) is 0.922. The summed E-state index contributed by atoms with van der Waals surface area (Å²) in [5.41, 5.74) is 6.54. The first kappa shape index (κ1) is 19.6. The molecule has 2 N–H and O–H groups in total. The number of methoxy groups -OCH3 is 1. The van der Waals surface area contributed by atoms with Gasteiger partial charge in [0.1, 0.15) is 11.9 Å². The molecule has 0 spiro atoms. The molecule has 0 saturated carbocycles. The minimum Gasteiger partial charge on any atom is -0.490 e. The topological polar surface area (TPSA) is 85.1 Å². The third-order valence-electron chi connectivity index (χ3n) is 5.23. The van der Waals surface area contributed by atoms with Gasteiger partial charge in [-0.1, -0.05) is 0 Å². The van der Waals surface area contributed by atoms with Gasteiger partial charge in [0.2, 0.25) is 5.91 Å². The molecule has 7 nitrogen and oxygen atoms in total. The highest BCUT2D eigenvalue weighted by Gasteiger charge is 2.25. The number of ether oxygens (including phenoxy) is 2. The van der Waals surface area contributed by atoms with Crippen molar-refractivity contribution in [1.82, 2.24) is 9.80 Å². The van der Waals surface area contributed by atoms with E-state index in [1.807, 2.05) is 29.2 Å². The fourth-order valence-corrected chi connectivity index (χ4v) is 3.59. The van der Waals surface area contributed by atoms with Crippen molar-refractivity contribution in [1.29, 1.82) is 0 Å². The molecular weight excluding hydrogens is 346 g/mol. The van der Waals surface area contributed by atoms with E-state index in [2.05, 4.69) is 0 Å². The van der Waals surface area contributed by atoms with Crippen LogP contribution < -0.4 is 10.5 Å². The smallest absolute Gasteiger partial charge is 0.253 e. The molecule has 0 unspecified atom stereocenters. The molecule has 1 aromatic carbocycles. The van der Waals surface area contributed by atoms with Crippen LogP contribution in [-0.2, 0) is 9.53 Å². The van der Waals surface area contributed by atoms with Crippen LogP contribution in [0, 0.1) is 0 Å². The molecule has 7 heteroatoms. The lowest BCUT2D eigenvalue weighted by molar-refractivity contribution is -0.133. The number of nitrogens with two attached hydrogens (primary N) is 1. The number of nitrogens with zero attached hydrogens (tertiary/aromatic N) is 2. The molecule has 2 saturated heterocycles. The van der Waals surface area contributed by atoms with Crippen LogP contribution in [0.1, 0.15) is 36.0 Å². The Morgan fingerprint density at radius 1 is 1.07 bits per heavy atom. The van der Waals surface area contributed by atoms with Gasteiger partial charge >= 0.3 is 0 Å². The molecule has 2 amide bonds. The number of rotatable bonds is 6. The van der Waals surface area contributed by atoms with Gasteiger partial charge in [-0.25, -0.2) is 0 Å². The fraction of sp³-hybridized carbons (Fsp3) is 0.600. The zero-order chi connectivity index (χ0) is 19.2. The van der Waals surface area contributed by atoms with E-state index in [-0.39, 0.29) is 24.0 Å². The molecule has 148 valence electrons. The van der Waals surface area contributed by atoms with Crippen molar-refractivity contribution < 1.29 is 19.1 Å². The Hall–Kier alpha value is -2.12. The number of hydrogen-bond acceptors (Lipinski definition) is 5. The van der Waals surface area contributed by atoms with Crippen LogP contribution in [-0.4, -0.2) is 73.7 Å². The van der Waals surface area contributed by atoms with Crippen molar-refractivity contribution >= 4 is 11.8 Å². The van der Waals surface area contributed by atoms with Gasteiger partial charge in [0.25, 0.3) is 5.91 Å². The van der Waals surface area contributed by atoms with Crippen molar-refractivity contribution in [3.8, 4) is 5.75 Å². The number of carbonyl (C=O) groups is 2. The Morgan fingerprint density at radius 2 is 1.74 bits per heavy atom. The number of benzene rings is 1. The number of amides is 2. The molecule has 2 aliphatic rings. The van der Waals surface area contributed by atoms with Crippen molar-refractivity contribution in [3.05, 3.63) is 29.8 Å². The molecule has 1 aromatic rings. The van der Waals surface area contributed by atoms with E-state index >= 15 is 0 Å². The Labute approximate surface area is 160 Å². The summed E-state index contributed by atoms with van der Waals surface area (Å²) in [6, 6.07) is 7.40. The molecule has 2 aliphatic heterocycles. The Morgan fingerprint density at radius 3 is 2.33 bits per heavy atom. The highest BCUT2D eigenvalue weighted by Crippen LogP contribution is 2.21. The standard InChI is InChI=1S/C20H29N3O4/c1-26-13-9-19(24)22-11-7-18(8-12-22)27-17-4-2-15(3-5-17)20(25)23-10-6-16(21)14-23/h2-5,16,18H,6-14,21H2,1H3/t16-/m1/s1. The first-order chi connectivity index (χ1) is 13.1. The second-order valence-corrected chi connectivity index (χ2v) is 7.27. The van der Waals surface area contributed by atoms with E-state index in [0.29, 0.717) is 38.2 Å². The van der Waals surface area contributed by atoms with Crippen molar-refractivity contribution in [2.45, 2.75) is 37.8 Å². The van der Waals surface area contributed by atoms with E-state index in [1.165, 1.54) is 0 Å². The Kier molecular flexibility index (Phi) is 6.68. The van der Waals surface area contributed by atoms with Gasteiger partial charge in [0, 0.05) is 57.7 Å². The van der Waals surface area contributed by atoms with Crippen molar-refractivity contribution in [2.75, 3.05) is 39.9 Å². The van der Waals surface area contributed by atoms with Crippen molar-refractivity contribution in [2.24, 2.45) is 5.73 Å². The van der Waals surface area contributed by atoms with Crippen LogP contribution in [0.2, 0.25) is 0 Å². The number of hydrogen-bond donors (Lipinski definition) is 1. The van der Waals surface area contributed by atoms with Crippen LogP contribution >= 0.6 is 0 Å². The van der Waals surface area contributed by atoms with E-state index in [4.69, 9.17) is 15.2 Å². The summed E-state index contributed by atoms with van der Waals surface area (Å²) >= 11 is 0. The Balaban J connectivity index is 1.46. The fourth-order valence-electron chi connectivity index (χ4n) is 3.59. The van der Waals surface area contributed by atoms with Crippen LogP contribution in [0.4, 0.5) is 0 Å². The largest absolute Gasteiger partial charge is 0.490 e. The summed E-state index contributed by atoms with van der Waals surface area (Å²) in [7, 11) is 1.60. The summed E-state index contributed by atoms with van der Waals surface area (Å²) < 4.78 is 11.0. The SMILES string of the molecule is COCCC(=O)N1CCC(Oc2ccc(C(=O)N3CC[C@@H](N)C3)cc2)CC1. The van der Waals surface area contributed by atoms with E-state index in [9.17, 15) is 9.59 Å².